The van der Waals surface area contributed by atoms with E-state index < -0.39 is 41.4 Å². The molecule has 2 aromatic carbocycles. The number of amides is 4. The number of carbonyl (C=O) groups is 5. The number of benzene rings is 2. The summed E-state index contributed by atoms with van der Waals surface area (Å²) in [5.74, 6) is -2.68. The van der Waals surface area contributed by atoms with E-state index in [4.69, 9.17) is 11.5 Å². The van der Waals surface area contributed by atoms with Gasteiger partial charge in [0, 0.05) is 51.5 Å². The number of carboxylic acids is 1. The van der Waals surface area contributed by atoms with E-state index in [1.807, 2.05) is 81.6 Å². The fourth-order valence-corrected chi connectivity index (χ4v) is 6.45. The third-order valence-electron chi connectivity index (χ3n) is 9.64. The average molecular weight is 722 g/mol. The van der Waals surface area contributed by atoms with Crippen molar-refractivity contribution in [1.29, 1.82) is 0 Å². The predicted molar refractivity (Wildman–Crippen MR) is 201 cm³/mol. The van der Waals surface area contributed by atoms with Crippen molar-refractivity contribution in [3.63, 3.8) is 0 Å². The predicted octanol–water partition coefficient (Wildman–Crippen LogP) is 2.67. The Balaban J connectivity index is 1.81. The summed E-state index contributed by atoms with van der Waals surface area (Å²) in [4.78, 5) is 70.7. The minimum Gasteiger partial charge on any atom is -0.480 e. The highest BCUT2D eigenvalue weighted by Crippen LogP contribution is 2.25. The first kappa shape index (κ1) is 42.1. The Kier molecular flexibility index (Phi) is 17.2. The number of hydrogen-bond acceptors (Lipinski definition) is 8. The summed E-state index contributed by atoms with van der Waals surface area (Å²) in [5, 5.41) is 18.5. The number of nitrogens with one attached hydrogen (secondary N) is 3. The van der Waals surface area contributed by atoms with Gasteiger partial charge in [0.1, 0.15) is 11.6 Å². The molecular formula is C39H59N7O6. The maximum absolute atomic E-state index is 14.1. The lowest BCUT2D eigenvalue weighted by Crippen LogP contribution is -2.57. The molecule has 13 heteroatoms. The smallest absolute Gasteiger partial charge is 0.323 e. The van der Waals surface area contributed by atoms with Crippen LogP contribution in [0.1, 0.15) is 69.9 Å². The number of nitrogens with zero attached hydrogens (tertiary/aromatic N) is 2. The van der Waals surface area contributed by atoms with Gasteiger partial charge in [0.15, 0.2) is 5.78 Å². The Bertz CT molecular complexity index is 1430. The van der Waals surface area contributed by atoms with Crippen molar-refractivity contribution in [3.05, 3.63) is 71.8 Å². The second-order valence-electron chi connectivity index (χ2n) is 14.3. The van der Waals surface area contributed by atoms with Gasteiger partial charge < -0.3 is 42.3 Å². The molecule has 0 aliphatic carbocycles. The molecule has 0 radical (unpaired) electrons. The van der Waals surface area contributed by atoms with Gasteiger partial charge in [-0.1, -0.05) is 80.9 Å². The molecule has 0 aromatic heterocycles. The van der Waals surface area contributed by atoms with E-state index in [0.717, 1.165) is 11.1 Å². The van der Waals surface area contributed by atoms with Crippen LogP contribution in [-0.2, 0) is 32.1 Å². The van der Waals surface area contributed by atoms with Crippen molar-refractivity contribution in [2.24, 2.45) is 23.3 Å². The molecule has 0 saturated carbocycles. The molecule has 4 amide bonds. The SMILES string of the molecule is CNCCN(Cc1ccccc1)C(=O)N[C@H](Cc1ccccc1)C(=O)N[C@H](CC(C)C)C(=O)C[C@H](CCCCN)C(=O)N1CCC(N)(C(=O)O)CC1. The van der Waals surface area contributed by atoms with E-state index >= 15 is 0 Å². The van der Waals surface area contributed by atoms with Gasteiger partial charge in [0.05, 0.1) is 6.04 Å². The normalized spacial score (nSPS) is 15.7. The van der Waals surface area contributed by atoms with Crippen molar-refractivity contribution in [1.82, 2.24) is 25.8 Å². The number of Topliss-reactive ketones (excluding diaryl/α,β-unsaturated/α-hetero) is 1. The molecular weight excluding hydrogens is 662 g/mol. The highest BCUT2D eigenvalue weighted by Gasteiger charge is 2.40. The minimum absolute atomic E-state index is 0.0431. The van der Waals surface area contributed by atoms with E-state index in [9.17, 15) is 29.1 Å². The van der Waals surface area contributed by atoms with Gasteiger partial charge in [-0.2, -0.15) is 0 Å². The van der Waals surface area contributed by atoms with Gasteiger partial charge in [-0.15, -0.1) is 0 Å². The van der Waals surface area contributed by atoms with Crippen LogP contribution < -0.4 is 27.4 Å². The van der Waals surface area contributed by atoms with E-state index in [-0.39, 0.29) is 56.4 Å². The molecule has 1 saturated heterocycles. The number of urea groups is 1. The van der Waals surface area contributed by atoms with Crippen LogP contribution in [0.4, 0.5) is 4.79 Å². The Labute approximate surface area is 308 Å². The summed E-state index contributed by atoms with van der Waals surface area (Å²) in [6, 6.07) is 16.7. The number of hydrogen-bond donors (Lipinski definition) is 6. The molecule has 52 heavy (non-hydrogen) atoms. The molecule has 8 N–H and O–H groups in total. The number of carbonyl (C=O) groups excluding carboxylic acids is 4. The number of ketones is 1. The van der Waals surface area contributed by atoms with Gasteiger partial charge in [0.25, 0.3) is 0 Å². The van der Waals surface area contributed by atoms with Crippen LogP contribution in [-0.4, -0.2) is 102 Å². The fourth-order valence-electron chi connectivity index (χ4n) is 6.45. The summed E-state index contributed by atoms with van der Waals surface area (Å²) >= 11 is 0. The van der Waals surface area contributed by atoms with E-state index in [1.54, 1.807) is 9.80 Å². The standard InChI is InChI=1S/C39H59N7O6/c1-28(2)24-32(34(47)26-31(16-10-11-19-40)36(49)45-21-17-39(41,18-22-45)37(50)51)43-35(48)33(25-29-12-6-4-7-13-29)44-38(52)46(23-20-42-3)27-30-14-8-5-9-15-30/h4-9,12-15,28,31-33,42H,10-11,16-27,40-41H2,1-3H3,(H,43,48)(H,44,52)(H,50,51)/t31-,32+,33+/m0/s1. The molecule has 0 bridgehead atoms. The number of nitrogens with two attached hydrogens (primary N) is 2. The Morgan fingerprint density at radius 2 is 1.52 bits per heavy atom. The zero-order valence-corrected chi connectivity index (χ0v) is 31.0. The van der Waals surface area contributed by atoms with E-state index in [2.05, 4.69) is 16.0 Å². The van der Waals surface area contributed by atoms with Gasteiger partial charge in [-0.25, -0.2) is 4.79 Å². The number of aliphatic carboxylic acids is 1. The summed E-state index contributed by atoms with van der Waals surface area (Å²) < 4.78 is 0. The second kappa shape index (κ2) is 21.3. The molecule has 2 aromatic rings. The zero-order valence-electron chi connectivity index (χ0n) is 31.0. The second-order valence-corrected chi connectivity index (χ2v) is 14.3. The molecule has 3 atom stereocenters. The number of likely N-dealkylation sites (N-methyl/N-ethyl adjacent to an activating group) is 1. The fraction of sp³-hybridized carbons (Fsp3) is 0.564. The molecule has 0 spiro atoms. The molecule has 13 nitrogen and oxygen atoms in total. The van der Waals surface area contributed by atoms with E-state index in [1.165, 1.54) is 0 Å². The highest BCUT2D eigenvalue weighted by atomic mass is 16.4. The quantitative estimate of drug-likeness (QED) is 0.105. The lowest BCUT2D eigenvalue weighted by Gasteiger charge is -2.38. The summed E-state index contributed by atoms with van der Waals surface area (Å²) in [6.07, 6.45) is 2.47. The molecule has 0 unspecified atom stereocenters. The minimum atomic E-state index is -1.38. The molecule has 3 rings (SSSR count). The molecule has 1 fully saturated rings. The summed E-state index contributed by atoms with van der Waals surface area (Å²) in [5.41, 5.74) is 12.2. The van der Waals surface area contributed by atoms with Crippen LogP contribution in [0.2, 0.25) is 0 Å². The first-order valence-corrected chi connectivity index (χ1v) is 18.5. The van der Waals surface area contributed by atoms with Crippen molar-refractivity contribution in [2.45, 2.75) is 89.4 Å². The van der Waals surface area contributed by atoms with Crippen LogP contribution >= 0.6 is 0 Å². The van der Waals surface area contributed by atoms with Crippen molar-refractivity contribution in [3.8, 4) is 0 Å². The van der Waals surface area contributed by atoms with Gasteiger partial charge in [0.2, 0.25) is 11.8 Å². The van der Waals surface area contributed by atoms with Crippen molar-refractivity contribution < 1.29 is 29.1 Å². The average Bonchev–Trinajstić information content (AvgIpc) is 3.13. The van der Waals surface area contributed by atoms with Crippen molar-refractivity contribution in [2.75, 3.05) is 39.8 Å². The lowest BCUT2D eigenvalue weighted by atomic mass is 9.86. The molecule has 1 heterocycles. The van der Waals surface area contributed by atoms with Crippen molar-refractivity contribution >= 4 is 29.6 Å². The van der Waals surface area contributed by atoms with Crippen LogP contribution in [0.15, 0.2) is 60.7 Å². The number of carboxylic acid groups (broad SMARTS) is 1. The van der Waals surface area contributed by atoms with Crippen LogP contribution in [0.25, 0.3) is 0 Å². The Hall–Kier alpha value is -4.33. The van der Waals surface area contributed by atoms with Crippen LogP contribution in [0.3, 0.4) is 0 Å². The third-order valence-corrected chi connectivity index (χ3v) is 9.64. The molecule has 1 aliphatic rings. The Morgan fingerprint density at radius 1 is 0.904 bits per heavy atom. The molecule has 1 aliphatic heterocycles. The number of piperidine rings is 1. The summed E-state index contributed by atoms with van der Waals surface area (Å²) in [7, 11) is 1.81. The van der Waals surface area contributed by atoms with Crippen LogP contribution in [0, 0.1) is 11.8 Å². The zero-order chi connectivity index (χ0) is 38.1. The van der Waals surface area contributed by atoms with E-state index in [0.29, 0.717) is 51.9 Å². The number of unbranched alkanes of at least 4 members (excludes halogenated alkanes) is 1. The number of likely N-dealkylation sites (tertiary alicyclic amines) is 1. The van der Waals surface area contributed by atoms with Gasteiger partial charge in [-0.05, 0) is 62.7 Å². The van der Waals surface area contributed by atoms with Gasteiger partial charge >= 0.3 is 12.0 Å². The first-order valence-electron chi connectivity index (χ1n) is 18.5. The maximum atomic E-state index is 14.1. The first-order chi connectivity index (χ1) is 24.9. The molecule has 286 valence electrons. The maximum Gasteiger partial charge on any atom is 0.323 e. The van der Waals surface area contributed by atoms with Gasteiger partial charge in [-0.3, -0.25) is 19.2 Å². The highest BCUT2D eigenvalue weighted by molar-refractivity contribution is 5.94. The third kappa shape index (κ3) is 13.3. The lowest BCUT2D eigenvalue weighted by molar-refractivity contribution is -0.149. The monoisotopic (exact) mass is 721 g/mol. The topological polar surface area (TPSA) is 200 Å². The Morgan fingerprint density at radius 3 is 2.08 bits per heavy atom. The van der Waals surface area contributed by atoms with Crippen LogP contribution in [0.5, 0.6) is 0 Å². The largest absolute Gasteiger partial charge is 0.480 e. The number of rotatable bonds is 21. The summed E-state index contributed by atoms with van der Waals surface area (Å²) in [6.45, 7) is 6.04.